The molecule has 206 valence electrons. The molecule has 0 heterocycles. The Labute approximate surface area is 239 Å². The van der Waals surface area contributed by atoms with Gasteiger partial charge in [-0.05, 0) is 34.4 Å². The van der Waals surface area contributed by atoms with E-state index in [1.54, 1.807) is 0 Å². The first-order valence-corrected chi connectivity index (χ1v) is 13.3. The Balaban J connectivity index is 1.66. The van der Waals surface area contributed by atoms with Gasteiger partial charge in [-0.3, -0.25) is 0 Å². The van der Waals surface area contributed by atoms with Crippen LogP contribution in [0.2, 0.25) is 0 Å². The van der Waals surface area contributed by atoms with Crippen molar-refractivity contribution in [3.8, 4) is 22.6 Å². The normalized spacial score (nSPS) is 12.4. The number of benzene rings is 4. The number of rotatable bonds is 12. The summed E-state index contributed by atoms with van der Waals surface area (Å²) in [6.45, 7) is 7.39. The molecule has 1 aliphatic rings. The lowest BCUT2D eigenvalue weighted by Gasteiger charge is -2.36. The van der Waals surface area contributed by atoms with Crippen molar-refractivity contribution < 1.29 is 28.5 Å². The van der Waals surface area contributed by atoms with Gasteiger partial charge >= 0.3 is 11.9 Å². The summed E-state index contributed by atoms with van der Waals surface area (Å²) in [5.74, 6) is 0.315. The Kier molecular flexibility index (Phi) is 8.30. The van der Waals surface area contributed by atoms with Crippen LogP contribution in [0.3, 0.4) is 0 Å². The molecule has 0 radical (unpaired) electrons. The van der Waals surface area contributed by atoms with E-state index in [1.165, 1.54) is 0 Å². The van der Waals surface area contributed by atoms with Crippen molar-refractivity contribution in [2.24, 2.45) is 0 Å². The standard InChI is InChI=1S/C35H30O6/c1-3-33(36)40-23-21-38-31-19-11-9-17-29(31)35(27-15-7-5-13-25(27)26-14-6-8-16-28(26)35)30-18-10-12-20-32(30)39-22-24-41-34(37)4-2/h3-20H,1-2,21-24H2. The van der Waals surface area contributed by atoms with Crippen molar-refractivity contribution in [1.82, 2.24) is 0 Å². The number of hydrogen-bond donors (Lipinski definition) is 0. The van der Waals surface area contributed by atoms with Crippen LogP contribution in [0.1, 0.15) is 22.3 Å². The van der Waals surface area contributed by atoms with Crippen LogP contribution >= 0.6 is 0 Å². The van der Waals surface area contributed by atoms with Gasteiger partial charge in [0, 0.05) is 23.3 Å². The summed E-state index contributed by atoms with van der Waals surface area (Å²) in [5.41, 5.74) is 5.45. The quantitative estimate of drug-likeness (QED) is 0.104. The maximum atomic E-state index is 11.6. The maximum absolute atomic E-state index is 11.6. The summed E-state index contributed by atoms with van der Waals surface area (Å²) in [4.78, 5) is 23.1. The van der Waals surface area contributed by atoms with Crippen LogP contribution in [0.4, 0.5) is 0 Å². The number of ether oxygens (including phenoxy) is 4. The van der Waals surface area contributed by atoms with E-state index < -0.39 is 17.4 Å². The molecule has 4 aromatic carbocycles. The summed E-state index contributed by atoms with van der Waals surface area (Å²) >= 11 is 0. The molecule has 0 aliphatic heterocycles. The van der Waals surface area contributed by atoms with Gasteiger partial charge in [-0.2, -0.15) is 0 Å². The van der Waals surface area contributed by atoms with Gasteiger partial charge in [0.2, 0.25) is 0 Å². The second-order valence-corrected chi connectivity index (χ2v) is 9.27. The minimum atomic E-state index is -0.796. The fraction of sp³-hybridized carbons (Fsp3) is 0.143. The topological polar surface area (TPSA) is 71.1 Å². The van der Waals surface area contributed by atoms with Crippen LogP contribution in [0.5, 0.6) is 11.5 Å². The third-order valence-electron chi connectivity index (χ3n) is 7.04. The first-order chi connectivity index (χ1) is 20.1. The molecule has 4 aromatic rings. The van der Waals surface area contributed by atoms with E-state index in [4.69, 9.17) is 18.9 Å². The van der Waals surface area contributed by atoms with Crippen LogP contribution in [0.25, 0.3) is 11.1 Å². The van der Waals surface area contributed by atoms with Crippen LogP contribution in [-0.2, 0) is 24.5 Å². The smallest absolute Gasteiger partial charge is 0.330 e. The molecule has 6 nitrogen and oxygen atoms in total. The highest BCUT2D eigenvalue weighted by Gasteiger charge is 2.48. The SMILES string of the molecule is C=CC(=O)OCCOc1ccccc1C1(c2ccccc2OCCOC(=O)C=C)c2ccccc2-c2ccccc21. The Morgan fingerprint density at radius 2 is 0.902 bits per heavy atom. The Hall–Kier alpha value is -5.10. The highest BCUT2D eigenvalue weighted by molar-refractivity contribution is 5.87. The largest absolute Gasteiger partial charge is 0.490 e. The van der Waals surface area contributed by atoms with Crippen LogP contribution in [-0.4, -0.2) is 38.4 Å². The highest BCUT2D eigenvalue weighted by Crippen LogP contribution is 2.59. The van der Waals surface area contributed by atoms with Gasteiger partial charge in [0.05, 0.1) is 5.41 Å². The van der Waals surface area contributed by atoms with Gasteiger partial charge < -0.3 is 18.9 Å². The average molecular weight is 547 g/mol. The van der Waals surface area contributed by atoms with Gasteiger partial charge in [-0.25, -0.2) is 9.59 Å². The van der Waals surface area contributed by atoms with Crippen molar-refractivity contribution in [2.75, 3.05) is 26.4 Å². The van der Waals surface area contributed by atoms with Gasteiger partial charge in [-0.15, -0.1) is 0 Å². The molecule has 5 rings (SSSR count). The summed E-state index contributed by atoms with van der Waals surface area (Å²) in [5, 5.41) is 0. The molecule has 0 aromatic heterocycles. The second-order valence-electron chi connectivity index (χ2n) is 9.27. The van der Waals surface area contributed by atoms with E-state index >= 15 is 0 Å². The second kappa shape index (κ2) is 12.4. The summed E-state index contributed by atoms with van der Waals surface area (Å²) in [6, 6.07) is 32.5. The van der Waals surface area contributed by atoms with E-state index in [9.17, 15) is 9.59 Å². The molecular weight excluding hydrogens is 516 g/mol. The molecule has 0 spiro atoms. The predicted octanol–water partition coefficient (Wildman–Crippen LogP) is 6.27. The molecule has 0 saturated carbocycles. The van der Waals surface area contributed by atoms with Crippen LogP contribution < -0.4 is 9.47 Å². The van der Waals surface area contributed by atoms with E-state index in [2.05, 4.69) is 49.6 Å². The lowest BCUT2D eigenvalue weighted by molar-refractivity contribution is -0.139. The van der Waals surface area contributed by atoms with Gasteiger partial charge in [0.25, 0.3) is 0 Å². The predicted molar refractivity (Wildman–Crippen MR) is 157 cm³/mol. The van der Waals surface area contributed by atoms with E-state index in [0.29, 0.717) is 11.5 Å². The minimum Gasteiger partial charge on any atom is -0.490 e. The zero-order chi connectivity index (χ0) is 28.7. The van der Waals surface area contributed by atoms with Crippen molar-refractivity contribution >= 4 is 11.9 Å². The molecule has 0 amide bonds. The fourth-order valence-electron chi connectivity index (χ4n) is 5.47. The number of carbonyl (C=O) groups excluding carboxylic acids is 2. The highest BCUT2D eigenvalue weighted by atomic mass is 16.6. The molecule has 6 heteroatoms. The lowest BCUT2D eigenvalue weighted by Crippen LogP contribution is -2.30. The van der Waals surface area contributed by atoms with Gasteiger partial charge in [0.1, 0.15) is 37.9 Å². The molecule has 0 saturated heterocycles. The molecule has 0 N–H and O–H groups in total. The molecule has 41 heavy (non-hydrogen) atoms. The van der Waals surface area contributed by atoms with Crippen molar-refractivity contribution in [3.05, 3.63) is 145 Å². The summed E-state index contributed by atoms with van der Waals surface area (Å²) in [7, 11) is 0. The van der Waals surface area contributed by atoms with E-state index in [1.807, 2.05) is 60.7 Å². The van der Waals surface area contributed by atoms with Crippen LogP contribution in [0, 0.1) is 0 Å². The number of para-hydroxylation sites is 2. The molecule has 0 unspecified atom stereocenters. The van der Waals surface area contributed by atoms with Gasteiger partial charge in [-0.1, -0.05) is 98.1 Å². The van der Waals surface area contributed by atoms with Crippen molar-refractivity contribution in [1.29, 1.82) is 0 Å². The van der Waals surface area contributed by atoms with Crippen LogP contribution in [0.15, 0.2) is 122 Å². The molecule has 1 aliphatic carbocycles. The number of hydrogen-bond acceptors (Lipinski definition) is 6. The minimum absolute atomic E-state index is 0.0858. The fourth-order valence-corrected chi connectivity index (χ4v) is 5.47. The average Bonchev–Trinajstić information content (AvgIpc) is 3.32. The Morgan fingerprint density at radius 1 is 0.537 bits per heavy atom. The Morgan fingerprint density at radius 3 is 1.32 bits per heavy atom. The lowest BCUT2D eigenvalue weighted by atomic mass is 9.67. The Bertz CT molecular complexity index is 1470. The summed E-state index contributed by atoms with van der Waals surface area (Å²) < 4.78 is 22.9. The molecule has 0 fully saturated rings. The number of carbonyl (C=O) groups is 2. The summed E-state index contributed by atoms with van der Waals surface area (Å²) in [6.07, 6.45) is 2.26. The molecule has 0 bridgehead atoms. The van der Waals surface area contributed by atoms with Crippen molar-refractivity contribution in [3.63, 3.8) is 0 Å². The third-order valence-corrected chi connectivity index (χ3v) is 7.04. The number of esters is 2. The van der Waals surface area contributed by atoms with E-state index in [-0.39, 0.29) is 26.4 Å². The zero-order valence-corrected chi connectivity index (χ0v) is 22.6. The third kappa shape index (κ3) is 5.24. The first kappa shape index (κ1) is 27.5. The van der Waals surface area contributed by atoms with Crippen molar-refractivity contribution in [2.45, 2.75) is 5.41 Å². The zero-order valence-electron chi connectivity index (χ0n) is 22.6. The first-order valence-electron chi connectivity index (χ1n) is 13.3. The monoisotopic (exact) mass is 546 g/mol. The number of fused-ring (bicyclic) bond motifs is 3. The maximum Gasteiger partial charge on any atom is 0.330 e. The van der Waals surface area contributed by atoms with E-state index in [0.717, 1.165) is 45.5 Å². The molecule has 0 atom stereocenters. The van der Waals surface area contributed by atoms with Gasteiger partial charge in [0.15, 0.2) is 0 Å². The molecular formula is C35H30O6.